The van der Waals surface area contributed by atoms with Crippen LogP contribution >= 0.6 is 12.2 Å². The number of thiocarbonyl (C=S) groups is 1. The Morgan fingerprint density at radius 3 is 2.22 bits per heavy atom. The Balaban J connectivity index is 2.91. The van der Waals surface area contributed by atoms with Crippen molar-refractivity contribution in [3.05, 3.63) is 28.8 Å². The molecule has 0 atom stereocenters. The molecule has 2 N–H and O–H groups in total. The number of ether oxygens (including phenoxy) is 1. The van der Waals surface area contributed by atoms with Gasteiger partial charge in [-0.2, -0.15) is 0 Å². The summed E-state index contributed by atoms with van der Waals surface area (Å²) in [6, 6.07) is 3.73. The second-order valence-corrected chi connectivity index (χ2v) is 4.82. The first kappa shape index (κ1) is 14.4. The standard InChI is InChI=1S/C13H18N2O2S/c1-8-5-10(13(14)18)6-9(2)12(8)17-7-11(16)15(3)4/h5-6H,7H2,1-4H3,(H2,14,18). The Labute approximate surface area is 113 Å². The van der Waals surface area contributed by atoms with Gasteiger partial charge in [0.25, 0.3) is 5.91 Å². The molecule has 1 aromatic carbocycles. The zero-order valence-electron chi connectivity index (χ0n) is 11.1. The Morgan fingerprint density at radius 1 is 1.33 bits per heavy atom. The second-order valence-electron chi connectivity index (χ2n) is 4.38. The van der Waals surface area contributed by atoms with Gasteiger partial charge in [0.1, 0.15) is 10.7 Å². The third-order valence-electron chi connectivity index (χ3n) is 2.58. The first-order valence-corrected chi connectivity index (χ1v) is 5.97. The van der Waals surface area contributed by atoms with Crippen molar-refractivity contribution in [2.45, 2.75) is 13.8 Å². The molecule has 0 unspecified atom stereocenters. The van der Waals surface area contributed by atoms with Crippen molar-refractivity contribution in [3.8, 4) is 5.75 Å². The first-order valence-electron chi connectivity index (χ1n) is 5.57. The van der Waals surface area contributed by atoms with E-state index in [1.54, 1.807) is 14.1 Å². The third-order valence-corrected chi connectivity index (χ3v) is 2.82. The van der Waals surface area contributed by atoms with E-state index in [-0.39, 0.29) is 12.5 Å². The molecule has 5 heteroatoms. The van der Waals surface area contributed by atoms with Gasteiger partial charge in [-0.25, -0.2) is 0 Å². The summed E-state index contributed by atoms with van der Waals surface area (Å²) in [5.41, 5.74) is 8.25. The van der Waals surface area contributed by atoms with Crippen molar-refractivity contribution in [1.29, 1.82) is 0 Å². The van der Waals surface area contributed by atoms with Crippen molar-refractivity contribution < 1.29 is 9.53 Å². The van der Waals surface area contributed by atoms with Crippen LogP contribution in [0, 0.1) is 13.8 Å². The summed E-state index contributed by atoms with van der Waals surface area (Å²) in [7, 11) is 3.39. The lowest BCUT2D eigenvalue weighted by Crippen LogP contribution is -2.27. The molecule has 1 amide bonds. The van der Waals surface area contributed by atoms with Crippen LogP contribution in [-0.4, -0.2) is 36.5 Å². The fourth-order valence-corrected chi connectivity index (χ4v) is 1.70. The molecule has 98 valence electrons. The molecule has 4 nitrogen and oxygen atoms in total. The van der Waals surface area contributed by atoms with Gasteiger partial charge in [0.05, 0.1) is 0 Å². The number of carbonyl (C=O) groups is 1. The quantitative estimate of drug-likeness (QED) is 0.837. The van der Waals surface area contributed by atoms with Crippen LogP contribution in [0.1, 0.15) is 16.7 Å². The maximum atomic E-state index is 11.5. The first-order chi connectivity index (χ1) is 8.32. The Morgan fingerprint density at radius 2 is 1.83 bits per heavy atom. The molecule has 0 aromatic heterocycles. The Bertz CT molecular complexity index is 461. The number of likely N-dealkylation sites (N-methyl/N-ethyl adjacent to an activating group) is 1. The zero-order valence-corrected chi connectivity index (χ0v) is 11.9. The molecule has 18 heavy (non-hydrogen) atoms. The molecule has 0 aliphatic heterocycles. The van der Waals surface area contributed by atoms with Crippen molar-refractivity contribution in [2.24, 2.45) is 5.73 Å². The molecule has 0 aliphatic carbocycles. The number of benzene rings is 1. The van der Waals surface area contributed by atoms with Gasteiger partial charge in [0.15, 0.2) is 6.61 Å². The van der Waals surface area contributed by atoms with Crippen molar-refractivity contribution in [1.82, 2.24) is 4.90 Å². The lowest BCUT2D eigenvalue weighted by atomic mass is 10.1. The van der Waals surface area contributed by atoms with Crippen molar-refractivity contribution in [2.75, 3.05) is 20.7 Å². The minimum Gasteiger partial charge on any atom is -0.483 e. The second kappa shape index (κ2) is 5.82. The van der Waals surface area contributed by atoms with Crippen LogP contribution in [0.4, 0.5) is 0 Å². The highest BCUT2D eigenvalue weighted by atomic mass is 32.1. The van der Waals surface area contributed by atoms with E-state index in [0.29, 0.717) is 10.7 Å². The largest absolute Gasteiger partial charge is 0.483 e. The molecule has 0 bridgehead atoms. The zero-order chi connectivity index (χ0) is 13.9. The molecule has 0 radical (unpaired) electrons. The van der Waals surface area contributed by atoms with E-state index >= 15 is 0 Å². The fraction of sp³-hybridized carbons (Fsp3) is 0.385. The van der Waals surface area contributed by atoms with Crippen molar-refractivity contribution in [3.63, 3.8) is 0 Å². The van der Waals surface area contributed by atoms with Gasteiger partial charge in [-0.3, -0.25) is 4.79 Å². The van der Waals surface area contributed by atoms with Gasteiger partial charge >= 0.3 is 0 Å². The van der Waals surface area contributed by atoms with Crippen LogP contribution in [0.3, 0.4) is 0 Å². The van der Waals surface area contributed by atoms with E-state index in [1.807, 2.05) is 26.0 Å². The molecular weight excluding hydrogens is 248 g/mol. The maximum absolute atomic E-state index is 11.5. The molecule has 0 saturated heterocycles. The molecule has 0 heterocycles. The van der Waals surface area contributed by atoms with Crippen LogP contribution in [-0.2, 0) is 4.79 Å². The van der Waals surface area contributed by atoms with Gasteiger partial charge in [0.2, 0.25) is 0 Å². The highest BCUT2D eigenvalue weighted by molar-refractivity contribution is 7.80. The van der Waals surface area contributed by atoms with Crippen LogP contribution in [0.15, 0.2) is 12.1 Å². The number of carbonyl (C=O) groups excluding carboxylic acids is 1. The number of aryl methyl sites for hydroxylation is 2. The molecule has 0 fully saturated rings. The Hall–Kier alpha value is -1.62. The van der Waals surface area contributed by atoms with Gasteiger partial charge < -0.3 is 15.4 Å². The van der Waals surface area contributed by atoms with Gasteiger partial charge in [-0.05, 0) is 37.1 Å². The molecule has 0 saturated carbocycles. The number of hydrogen-bond donors (Lipinski definition) is 1. The summed E-state index contributed by atoms with van der Waals surface area (Å²) < 4.78 is 5.55. The molecule has 1 aromatic rings. The molecule has 0 spiro atoms. The van der Waals surface area contributed by atoms with Crippen molar-refractivity contribution >= 4 is 23.1 Å². The molecule has 0 aliphatic rings. The van der Waals surface area contributed by atoms with E-state index in [0.717, 1.165) is 16.7 Å². The van der Waals surface area contributed by atoms with E-state index in [4.69, 9.17) is 22.7 Å². The normalized spacial score (nSPS) is 10.0. The van der Waals surface area contributed by atoms with Gasteiger partial charge in [0, 0.05) is 19.7 Å². The van der Waals surface area contributed by atoms with Crippen LogP contribution in [0.25, 0.3) is 0 Å². The van der Waals surface area contributed by atoms with E-state index in [2.05, 4.69) is 0 Å². The highest BCUT2D eigenvalue weighted by Crippen LogP contribution is 2.24. The topological polar surface area (TPSA) is 55.6 Å². The van der Waals surface area contributed by atoms with E-state index < -0.39 is 0 Å². The monoisotopic (exact) mass is 266 g/mol. The lowest BCUT2D eigenvalue weighted by molar-refractivity contribution is -0.130. The van der Waals surface area contributed by atoms with Gasteiger partial charge in [-0.1, -0.05) is 12.2 Å². The number of nitrogens with two attached hydrogens (primary N) is 1. The maximum Gasteiger partial charge on any atom is 0.259 e. The average molecular weight is 266 g/mol. The Kier molecular flexibility index (Phi) is 4.67. The minimum atomic E-state index is -0.0766. The van der Waals surface area contributed by atoms with E-state index in [1.165, 1.54) is 4.90 Å². The summed E-state index contributed by atoms with van der Waals surface area (Å²) in [4.78, 5) is 13.3. The molecular formula is C13H18N2O2S. The summed E-state index contributed by atoms with van der Waals surface area (Å²) in [6.45, 7) is 3.84. The smallest absolute Gasteiger partial charge is 0.259 e. The summed E-state index contributed by atoms with van der Waals surface area (Å²) >= 11 is 4.94. The summed E-state index contributed by atoms with van der Waals surface area (Å²) in [5, 5.41) is 0. The molecule has 1 rings (SSSR count). The fourth-order valence-electron chi connectivity index (χ4n) is 1.58. The van der Waals surface area contributed by atoms with E-state index in [9.17, 15) is 4.79 Å². The summed E-state index contributed by atoms with van der Waals surface area (Å²) in [6.07, 6.45) is 0. The SMILES string of the molecule is Cc1cc(C(N)=S)cc(C)c1OCC(=O)N(C)C. The van der Waals surface area contributed by atoms with Crippen LogP contribution < -0.4 is 10.5 Å². The van der Waals surface area contributed by atoms with Crippen LogP contribution in [0.2, 0.25) is 0 Å². The highest BCUT2D eigenvalue weighted by Gasteiger charge is 2.11. The number of hydrogen-bond acceptors (Lipinski definition) is 3. The predicted octanol–water partition coefficient (Wildman–Crippen LogP) is 1.40. The lowest BCUT2D eigenvalue weighted by Gasteiger charge is -2.15. The van der Waals surface area contributed by atoms with Gasteiger partial charge in [-0.15, -0.1) is 0 Å². The number of nitrogens with zero attached hydrogens (tertiary/aromatic N) is 1. The minimum absolute atomic E-state index is 0.0289. The van der Waals surface area contributed by atoms with Crippen LogP contribution in [0.5, 0.6) is 5.75 Å². The number of rotatable bonds is 4. The number of amides is 1. The summed E-state index contributed by atoms with van der Waals surface area (Å²) in [5.74, 6) is 0.637. The third kappa shape index (κ3) is 3.43. The average Bonchev–Trinajstić information content (AvgIpc) is 2.26. The predicted molar refractivity (Wildman–Crippen MR) is 76.0 cm³/mol.